The molecule has 1 rings (SSSR count). The van der Waals surface area contributed by atoms with E-state index in [2.05, 4.69) is 0 Å². The molecule has 0 aliphatic heterocycles. The second kappa shape index (κ2) is 5.49. The molecule has 0 aliphatic carbocycles. The van der Waals surface area contributed by atoms with E-state index in [0.29, 0.717) is 5.56 Å². The number of nitrogens with zero attached hydrogens (tertiary/aromatic N) is 1. The number of rotatable bonds is 5. The number of sulfonamides is 1. The van der Waals surface area contributed by atoms with Gasteiger partial charge < -0.3 is 5.73 Å². The van der Waals surface area contributed by atoms with Crippen molar-refractivity contribution in [2.75, 3.05) is 6.54 Å². The van der Waals surface area contributed by atoms with Crippen molar-refractivity contribution in [2.45, 2.75) is 31.7 Å². The number of carbonyl (C=O) groups is 1. The summed E-state index contributed by atoms with van der Waals surface area (Å²) in [5, 5.41) is 0. The molecule has 6 heteroatoms. The van der Waals surface area contributed by atoms with Crippen LogP contribution in [0.5, 0.6) is 0 Å². The lowest BCUT2D eigenvalue weighted by molar-refractivity contribution is -0.118. The molecule has 0 spiro atoms. The fourth-order valence-electron chi connectivity index (χ4n) is 1.67. The van der Waals surface area contributed by atoms with Crippen molar-refractivity contribution < 1.29 is 13.2 Å². The SMILES string of the molecule is Cc1ccccc1S(=O)(=O)N(CC(N)=O)C(C)C. The monoisotopic (exact) mass is 270 g/mol. The zero-order valence-electron chi connectivity index (χ0n) is 10.8. The molecule has 0 bridgehead atoms. The Hall–Kier alpha value is -1.40. The summed E-state index contributed by atoms with van der Waals surface area (Å²) in [4.78, 5) is 11.2. The second-order valence-corrected chi connectivity index (χ2v) is 6.23. The average Bonchev–Trinajstić information content (AvgIpc) is 2.25. The lowest BCUT2D eigenvalue weighted by Crippen LogP contribution is -2.42. The maximum absolute atomic E-state index is 12.4. The molecular weight excluding hydrogens is 252 g/mol. The number of aryl methyl sites for hydroxylation is 1. The number of amides is 1. The van der Waals surface area contributed by atoms with E-state index in [4.69, 9.17) is 5.73 Å². The highest BCUT2D eigenvalue weighted by atomic mass is 32.2. The van der Waals surface area contributed by atoms with Gasteiger partial charge in [0.15, 0.2) is 0 Å². The van der Waals surface area contributed by atoms with Gasteiger partial charge in [0, 0.05) is 6.04 Å². The minimum absolute atomic E-state index is 0.208. The van der Waals surface area contributed by atoms with E-state index in [1.807, 2.05) is 0 Å². The van der Waals surface area contributed by atoms with Crippen molar-refractivity contribution >= 4 is 15.9 Å². The van der Waals surface area contributed by atoms with Gasteiger partial charge in [-0.1, -0.05) is 18.2 Å². The van der Waals surface area contributed by atoms with Gasteiger partial charge in [-0.15, -0.1) is 0 Å². The van der Waals surface area contributed by atoms with Crippen LogP contribution in [0.1, 0.15) is 19.4 Å². The molecular formula is C12H18N2O3S. The van der Waals surface area contributed by atoms with Crippen LogP contribution < -0.4 is 5.73 Å². The standard InChI is InChI=1S/C12H18N2O3S/c1-9(2)14(8-12(13)15)18(16,17)11-7-5-4-6-10(11)3/h4-7,9H,8H2,1-3H3,(H2,13,15). The molecule has 0 fully saturated rings. The first-order valence-electron chi connectivity index (χ1n) is 5.62. The van der Waals surface area contributed by atoms with Crippen LogP contribution in [0.25, 0.3) is 0 Å². The number of carbonyl (C=O) groups excluding carboxylic acids is 1. The van der Waals surface area contributed by atoms with Gasteiger partial charge in [-0.3, -0.25) is 4.79 Å². The fourth-order valence-corrected chi connectivity index (χ4v) is 3.50. The summed E-state index contributed by atoms with van der Waals surface area (Å²) in [6.45, 7) is 4.82. The maximum atomic E-state index is 12.4. The highest BCUT2D eigenvalue weighted by Gasteiger charge is 2.29. The van der Waals surface area contributed by atoms with Gasteiger partial charge in [0.05, 0.1) is 11.4 Å². The summed E-state index contributed by atoms with van der Waals surface area (Å²) in [7, 11) is -3.69. The van der Waals surface area contributed by atoms with Crippen molar-refractivity contribution in [3.63, 3.8) is 0 Å². The second-order valence-electron chi connectivity index (χ2n) is 4.38. The van der Waals surface area contributed by atoms with Crippen molar-refractivity contribution in [3.8, 4) is 0 Å². The molecule has 100 valence electrons. The Morgan fingerprint density at radius 2 is 1.89 bits per heavy atom. The highest BCUT2D eigenvalue weighted by molar-refractivity contribution is 7.89. The van der Waals surface area contributed by atoms with Crippen molar-refractivity contribution in [2.24, 2.45) is 5.73 Å². The predicted octanol–water partition coefficient (Wildman–Crippen LogP) is 0.879. The fraction of sp³-hybridized carbons (Fsp3) is 0.417. The number of benzene rings is 1. The van der Waals surface area contributed by atoms with E-state index in [9.17, 15) is 13.2 Å². The van der Waals surface area contributed by atoms with Crippen LogP contribution in [0.3, 0.4) is 0 Å². The third kappa shape index (κ3) is 3.08. The molecule has 0 unspecified atom stereocenters. The number of hydrogen-bond acceptors (Lipinski definition) is 3. The van der Waals surface area contributed by atoms with E-state index in [1.54, 1.807) is 39.0 Å². The predicted molar refractivity (Wildman–Crippen MR) is 69.4 cm³/mol. The Morgan fingerprint density at radius 3 is 2.33 bits per heavy atom. The lowest BCUT2D eigenvalue weighted by atomic mass is 10.2. The maximum Gasteiger partial charge on any atom is 0.244 e. The molecule has 0 atom stereocenters. The van der Waals surface area contributed by atoms with Crippen LogP contribution in [-0.4, -0.2) is 31.2 Å². The van der Waals surface area contributed by atoms with Crippen molar-refractivity contribution in [1.82, 2.24) is 4.31 Å². The first-order valence-corrected chi connectivity index (χ1v) is 7.06. The Morgan fingerprint density at radius 1 is 1.33 bits per heavy atom. The van der Waals surface area contributed by atoms with E-state index in [1.165, 1.54) is 6.07 Å². The first kappa shape index (κ1) is 14.7. The minimum Gasteiger partial charge on any atom is -0.369 e. The van der Waals surface area contributed by atoms with E-state index in [0.717, 1.165) is 4.31 Å². The Balaban J connectivity index is 3.26. The van der Waals surface area contributed by atoms with Gasteiger partial charge in [-0.2, -0.15) is 4.31 Å². The number of primary amides is 1. The molecule has 1 aromatic carbocycles. The van der Waals surface area contributed by atoms with Crippen LogP contribution in [0.2, 0.25) is 0 Å². The topological polar surface area (TPSA) is 80.5 Å². The molecule has 0 radical (unpaired) electrons. The molecule has 2 N–H and O–H groups in total. The number of nitrogens with two attached hydrogens (primary N) is 1. The Kier molecular flexibility index (Phi) is 4.48. The molecule has 1 amide bonds. The molecule has 1 aromatic rings. The van der Waals surface area contributed by atoms with Gasteiger partial charge in [0.25, 0.3) is 0 Å². The molecule has 18 heavy (non-hydrogen) atoms. The Bertz CT molecular complexity index is 538. The smallest absolute Gasteiger partial charge is 0.244 e. The summed E-state index contributed by atoms with van der Waals surface area (Å²) in [5.41, 5.74) is 5.74. The van der Waals surface area contributed by atoms with Crippen molar-refractivity contribution in [3.05, 3.63) is 29.8 Å². The third-order valence-electron chi connectivity index (χ3n) is 2.57. The summed E-state index contributed by atoms with van der Waals surface area (Å²) in [6, 6.07) is 6.34. The molecule has 5 nitrogen and oxygen atoms in total. The largest absolute Gasteiger partial charge is 0.369 e. The van der Waals surface area contributed by atoms with Gasteiger partial charge in [-0.25, -0.2) is 8.42 Å². The van der Waals surface area contributed by atoms with Crippen molar-refractivity contribution in [1.29, 1.82) is 0 Å². The highest BCUT2D eigenvalue weighted by Crippen LogP contribution is 2.21. The molecule has 0 saturated carbocycles. The Labute approximate surface area is 108 Å². The van der Waals surface area contributed by atoms with Crippen LogP contribution in [0, 0.1) is 6.92 Å². The van der Waals surface area contributed by atoms with Gasteiger partial charge in [0.1, 0.15) is 0 Å². The summed E-state index contributed by atoms with van der Waals surface area (Å²) < 4.78 is 26.0. The van der Waals surface area contributed by atoms with Gasteiger partial charge in [0.2, 0.25) is 15.9 Å². The molecule has 0 aromatic heterocycles. The number of hydrogen-bond donors (Lipinski definition) is 1. The van der Waals surface area contributed by atoms with Gasteiger partial charge in [-0.05, 0) is 32.4 Å². The minimum atomic E-state index is -3.69. The van der Waals surface area contributed by atoms with Crippen LogP contribution in [-0.2, 0) is 14.8 Å². The third-order valence-corrected chi connectivity index (χ3v) is 4.75. The van der Waals surface area contributed by atoms with E-state index >= 15 is 0 Å². The zero-order chi connectivity index (χ0) is 13.9. The summed E-state index contributed by atoms with van der Waals surface area (Å²) >= 11 is 0. The quantitative estimate of drug-likeness (QED) is 0.862. The first-order chi connectivity index (χ1) is 8.26. The summed E-state index contributed by atoms with van der Waals surface area (Å²) in [6.07, 6.45) is 0. The van der Waals surface area contributed by atoms with Crippen LogP contribution in [0.15, 0.2) is 29.2 Å². The van der Waals surface area contributed by atoms with Crippen LogP contribution in [0.4, 0.5) is 0 Å². The average molecular weight is 270 g/mol. The molecule has 0 aliphatic rings. The van der Waals surface area contributed by atoms with E-state index < -0.39 is 15.9 Å². The zero-order valence-corrected chi connectivity index (χ0v) is 11.6. The lowest BCUT2D eigenvalue weighted by Gasteiger charge is -2.25. The summed E-state index contributed by atoms with van der Waals surface area (Å²) in [5.74, 6) is -0.666. The van der Waals surface area contributed by atoms with Gasteiger partial charge >= 0.3 is 0 Å². The molecule has 0 saturated heterocycles. The normalized spacial score (nSPS) is 12.1. The van der Waals surface area contributed by atoms with E-state index in [-0.39, 0.29) is 17.5 Å². The van der Waals surface area contributed by atoms with Crippen LogP contribution >= 0.6 is 0 Å². The molecule has 0 heterocycles.